The first-order valence-electron chi connectivity index (χ1n) is 6.13. The average Bonchev–Trinajstić information content (AvgIpc) is 2.44. The molecule has 0 aromatic heterocycles. The van der Waals surface area contributed by atoms with E-state index in [0.29, 0.717) is 22.8 Å². The van der Waals surface area contributed by atoms with Gasteiger partial charge in [-0.15, -0.1) is 0 Å². The largest absolute Gasteiger partial charge is 0.381 e. The molecule has 2 N–H and O–H groups in total. The van der Waals surface area contributed by atoms with Crippen molar-refractivity contribution in [1.29, 1.82) is 0 Å². The molecular formula is C14H14ClFN2O2S. The molecule has 0 heterocycles. The normalized spacial score (nSPS) is 11.4. The third-order valence-electron chi connectivity index (χ3n) is 2.83. The van der Waals surface area contributed by atoms with Crippen molar-refractivity contribution in [3.63, 3.8) is 0 Å². The van der Waals surface area contributed by atoms with Gasteiger partial charge in [0, 0.05) is 17.3 Å². The molecule has 0 radical (unpaired) electrons. The maximum atomic E-state index is 13.2. The van der Waals surface area contributed by atoms with Crippen LogP contribution in [0.5, 0.6) is 0 Å². The lowest BCUT2D eigenvalue weighted by atomic mass is 10.2. The first kappa shape index (κ1) is 15.8. The van der Waals surface area contributed by atoms with Crippen molar-refractivity contribution >= 4 is 27.3 Å². The second-order valence-corrected chi connectivity index (χ2v) is 6.69. The van der Waals surface area contributed by atoms with E-state index in [4.69, 9.17) is 11.6 Å². The van der Waals surface area contributed by atoms with Gasteiger partial charge < -0.3 is 5.32 Å². The highest BCUT2D eigenvalue weighted by molar-refractivity contribution is 7.89. The maximum absolute atomic E-state index is 13.2. The van der Waals surface area contributed by atoms with Crippen LogP contribution in [0.15, 0.2) is 47.4 Å². The fourth-order valence-electron chi connectivity index (χ4n) is 1.81. The maximum Gasteiger partial charge on any atom is 0.240 e. The zero-order valence-electron chi connectivity index (χ0n) is 11.2. The summed E-state index contributed by atoms with van der Waals surface area (Å²) in [7, 11) is -2.14. The number of hydrogen-bond acceptors (Lipinski definition) is 3. The van der Waals surface area contributed by atoms with Gasteiger partial charge in [-0.2, -0.15) is 0 Å². The SMILES string of the molecule is CNS(=O)(=O)c1cccc(NCc2cc(F)cc(Cl)c2)c1. The summed E-state index contributed by atoms with van der Waals surface area (Å²) in [5, 5.41) is 3.35. The van der Waals surface area contributed by atoms with Crippen LogP contribution in [0.3, 0.4) is 0 Å². The molecule has 112 valence electrons. The predicted octanol–water partition coefficient (Wildman–Crippen LogP) is 3.00. The highest BCUT2D eigenvalue weighted by atomic mass is 35.5. The van der Waals surface area contributed by atoms with Crippen molar-refractivity contribution in [2.75, 3.05) is 12.4 Å². The second kappa shape index (κ2) is 6.43. The van der Waals surface area contributed by atoms with Crippen molar-refractivity contribution in [3.8, 4) is 0 Å². The number of hydrogen-bond donors (Lipinski definition) is 2. The first-order chi connectivity index (χ1) is 9.90. The Bertz CT molecular complexity index is 730. The fourth-order valence-corrected chi connectivity index (χ4v) is 2.83. The molecule has 21 heavy (non-hydrogen) atoms. The van der Waals surface area contributed by atoms with Crippen LogP contribution in [0.25, 0.3) is 0 Å². The number of benzene rings is 2. The zero-order chi connectivity index (χ0) is 15.5. The molecule has 0 amide bonds. The lowest BCUT2D eigenvalue weighted by Gasteiger charge is -2.09. The first-order valence-corrected chi connectivity index (χ1v) is 7.99. The van der Waals surface area contributed by atoms with Crippen molar-refractivity contribution in [1.82, 2.24) is 4.72 Å². The minimum Gasteiger partial charge on any atom is -0.381 e. The number of sulfonamides is 1. The van der Waals surface area contributed by atoms with Crippen molar-refractivity contribution in [2.24, 2.45) is 0 Å². The third kappa shape index (κ3) is 4.17. The molecule has 0 aliphatic heterocycles. The van der Waals surface area contributed by atoms with Crippen LogP contribution in [0.1, 0.15) is 5.56 Å². The summed E-state index contributed by atoms with van der Waals surface area (Å²) >= 11 is 5.78. The van der Waals surface area contributed by atoms with Crippen LogP contribution in [0.2, 0.25) is 5.02 Å². The van der Waals surface area contributed by atoms with Crippen LogP contribution in [-0.2, 0) is 16.6 Å². The summed E-state index contributed by atoms with van der Waals surface area (Å²) in [5.41, 5.74) is 1.29. The lowest BCUT2D eigenvalue weighted by Crippen LogP contribution is -2.18. The Kier molecular flexibility index (Phi) is 4.82. The molecule has 4 nitrogen and oxygen atoms in total. The van der Waals surface area contributed by atoms with E-state index in [-0.39, 0.29) is 4.90 Å². The molecule has 0 atom stereocenters. The standard InChI is InChI=1S/C14H14ClFN2O2S/c1-17-21(19,20)14-4-2-3-13(8-14)18-9-10-5-11(15)7-12(16)6-10/h2-8,17-18H,9H2,1H3. The Morgan fingerprint density at radius 3 is 2.62 bits per heavy atom. The Morgan fingerprint density at radius 2 is 1.95 bits per heavy atom. The molecule has 0 saturated carbocycles. The summed E-state index contributed by atoms with van der Waals surface area (Å²) in [6, 6.07) is 10.6. The van der Waals surface area contributed by atoms with Crippen molar-refractivity contribution < 1.29 is 12.8 Å². The predicted molar refractivity (Wildman–Crippen MR) is 81.4 cm³/mol. The summed E-state index contributed by atoms with van der Waals surface area (Å²) in [5.74, 6) is -0.411. The third-order valence-corrected chi connectivity index (χ3v) is 4.46. The van der Waals surface area contributed by atoms with Gasteiger partial charge in [-0.25, -0.2) is 17.5 Å². The number of halogens is 2. The van der Waals surface area contributed by atoms with Gasteiger partial charge in [0.2, 0.25) is 10.0 Å². The summed E-state index contributed by atoms with van der Waals surface area (Å²) in [4.78, 5) is 0.160. The van der Waals surface area contributed by atoms with Crippen LogP contribution in [-0.4, -0.2) is 15.5 Å². The molecule has 0 spiro atoms. The van der Waals surface area contributed by atoms with Gasteiger partial charge in [0.1, 0.15) is 5.82 Å². The van der Waals surface area contributed by atoms with Crippen LogP contribution < -0.4 is 10.0 Å². The van der Waals surface area contributed by atoms with Crippen molar-refractivity contribution in [3.05, 3.63) is 58.9 Å². The van der Waals surface area contributed by atoms with Crippen LogP contribution in [0, 0.1) is 5.82 Å². The second-order valence-electron chi connectivity index (χ2n) is 4.37. The molecule has 0 fully saturated rings. The molecule has 2 aromatic rings. The van der Waals surface area contributed by atoms with Gasteiger partial charge in [0.25, 0.3) is 0 Å². The van der Waals surface area contributed by atoms with E-state index in [2.05, 4.69) is 10.0 Å². The minimum atomic E-state index is -3.49. The summed E-state index contributed by atoms with van der Waals surface area (Å²) in [6.07, 6.45) is 0. The lowest BCUT2D eigenvalue weighted by molar-refractivity contribution is 0.588. The molecule has 0 aliphatic carbocycles. The Balaban J connectivity index is 2.15. The summed E-state index contributed by atoms with van der Waals surface area (Å²) in [6.45, 7) is 0.334. The highest BCUT2D eigenvalue weighted by Crippen LogP contribution is 2.18. The van der Waals surface area contributed by atoms with E-state index in [9.17, 15) is 12.8 Å². The molecule has 0 saturated heterocycles. The average molecular weight is 329 g/mol. The molecule has 0 bridgehead atoms. The Labute approximate surface area is 128 Å². The minimum absolute atomic E-state index is 0.160. The zero-order valence-corrected chi connectivity index (χ0v) is 12.8. The van der Waals surface area contributed by atoms with E-state index >= 15 is 0 Å². The van der Waals surface area contributed by atoms with Crippen molar-refractivity contribution in [2.45, 2.75) is 11.4 Å². The Hall–Kier alpha value is -1.63. The topological polar surface area (TPSA) is 58.2 Å². The van der Waals surface area contributed by atoms with Gasteiger partial charge in [0.05, 0.1) is 4.90 Å². The van der Waals surface area contributed by atoms with Gasteiger partial charge in [-0.3, -0.25) is 0 Å². The monoisotopic (exact) mass is 328 g/mol. The van der Waals surface area contributed by atoms with E-state index in [1.807, 2.05) is 0 Å². The number of anilines is 1. The van der Waals surface area contributed by atoms with Gasteiger partial charge in [-0.05, 0) is 49.0 Å². The molecule has 2 rings (SSSR count). The van der Waals surface area contributed by atoms with E-state index in [0.717, 1.165) is 0 Å². The quantitative estimate of drug-likeness (QED) is 0.887. The van der Waals surface area contributed by atoms with Gasteiger partial charge in [-0.1, -0.05) is 17.7 Å². The smallest absolute Gasteiger partial charge is 0.240 e. The molecular weight excluding hydrogens is 315 g/mol. The number of rotatable bonds is 5. The highest BCUT2D eigenvalue weighted by Gasteiger charge is 2.11. The van der Waals surface area contributed by atoms with Crippen LogP contribution >= 0.6 is 11.6 Å². The van der Waals surface area contributed by atoms with Gasteiger partial charge in [0.15, 0.2) is 0 Å². The molecule has 0 aliphatic rings. The molecule has 0 unspecified atom stereocenters. The van der Waals surface area contributed by atoms with E-state index < -0.39 is 15.8 Å². The molecule has 2 aromatic carbocycles. The van der Waals surface area contributed by atoms with E-state index in [1.54, 1.807) is 18.2 Å². The van der Waals surface area contributed by atoms with Gasteiger partial charge >= 0.3 is 0 Å². The Morgan fingerprint density at radius 1 is 1.19 bits per heavy atom. The summed E-state index contributed by atoms with van der Waals surface area (Å²) < 4.78 is 38.9. The molecule has 7 heteroatoms. The van der Waals surface area contributed by atoms with E-state index in [1.165, 1.54) is 31.3 Å². The van der Waals surface area contributed by atoms with Crippen LogP contribution in [0.4, 0.5) is 10.1 Å². The number of nitrogens with one attached hydrogen (secondary N) is 2. The fraction of sp³-hybridized carbons (Fsp3) is 0.143.